The van der Waals surface area contributed by atoms with Gasteiger partial charge in [-0.1, -0.05) is 121 Å². The monoisotopic (exact) mass is 766 g/mol. The highest BCUT2D eigenvalue weighted by Gasteiger charge is 2.23. The Morgan fingerprint density at radius 3 is 2.26 bits per heavy atom. The predicted octanol–water partition coefficient (Wildman–Crippen LogP) is 13.5. The van der Waals surface area contributed by atoms with E-state index in [0.29, 0.717) is 0 Å². The topological polar surface area (TPSA) is 41.7 Å². The third-order valence-electron chi connectivity index (χ3n) is 11.5. The van der Waals surface area contributed by atoms with E-state index in [4.69, 9.17) is 9.98 Å². The molecule has 1 aliphatic carbocycles. The summed E-state index contributed by atoms with van der Waals surface area (Å²) in [4.78, 5) is 10.1. The standard InChI is InChI=1S/C51H34N4S2/c1-3-12-31(13-4-1)49-52-50(32-14-5-2-6-15-32)54-51(53-49)34-22-25-40-46(29-34)57-45-21-11-18-36(48(40)45)33-23-27-44-41(28-33)39-26-24-35(30-47(39)56-44)55-42-19-9-7-16-37(42)38-17-8-10-20-43(38)55/h1-7,9-16,18-30,51H,8,17H2,(H,52,53,54). The Hall–Kier alpha value is -6.60. The van der Waals surface area contributed by atoms with Crippen molar-refractivity contribution in [2.45, 2.75) is 19.0 Å². The molecule has 0 radical (unpaired) electrons. The molecule has 1 unspecified atom stereocenters. The van der Waals surface area contributed by atoms with Crippen LogP contribution in [0.4, 0.5) is 0 Å². The highest BCUT2D eigenvalue weighted by molar-refractivity contribution is 7.26. The van der Waals surface area contributed by atoms with E-state index in [-0.39, 0.29) is 6.17 Å². The van der Waals surface area contributed by atoms with Gasteiger partial charge in [0.2, 0.25) is 0 Å². The summed E-state index contributed by atoms with van der Waals surface area (Å²) >= 11 is 3.74. The third-order valence-corrected chi connectivity index (χ3v) is 13.8. The number of benzene rings is 7. The highest BCUT2D eigenvalue weighted by atomic mass is 32.1. The van der Waals surface area contributed by atoms with Gasteiger partial charge >= 0.3 is 0 Å². The Balaban J connectivity index is 0.935. The zero-order valence-electron chi connectivity index (χ0n) is 30.8. The summed E-state index contributed by atoms with van der Waals surface area (Å²) in [6.07, 6.45) is 6.55. The molecule has 0 amide bonds. The number of amidine groups is 2. The first-order valence-electron chi connectivity index (χ1n) is 19.5. The van der Waals surface area contributed by atoms with Crippen molar-refractivity contribution in [3.8, 4) is 16.8 Å². The lowest BCUT2D eigenvalue weighted by Gasteiger charge is -2.23. The van der Waals surface area contributed by atoms with E-state index in [1.54, 1.807) is 0 Å². The quantitative estimate of drug-likeness (QED) is 0.186. The molecule has 12 rings (SSSR count). The van der Waals surface area contributed by atoms with Gasteiger partial charge in [0.25, 0.3) is 0 Å². The van der Waals surface area contributed by atoms with Gasteiger partial charge in [-0.3, -0.25) is 0 Å². The first-order valence-corrected chi connectivity index (χ1v) is 21.1. The first kappa shape index (κ1) is 32.6. The molecule has 1 atom stereocenters. The Morgan fingerprint density at radius 1 is 0.579 bits per heavy atom. The van der Waals surface area contributed by atoms with Gasteiger partial charge in [-0.25, -0.2) is 9.98 Å². The Bertz CT molecular complexity index is 3330. The summed E-state index contributed by atoms with van der Waals surface area (Å²) in [7, 11) is 0. The van der Waals surface area contributed by atoms with Crippen molar-refractivity contribution in [3.63, 3.8) is 0 Å². The van der Waals surface area contributed by atoms with Crippen LogP contribution in [0.2, 0.25) is 0 Å². The van der Waals surface area contributed by atoms with Crippen molar-refractivity contribution in [2.24, 2.45) is 9.98 Å². The Kier molecular flexibility index (Phi) is 7.43. The number of thiophene rings is 2. The maximum absolute atomic E-state index is 5.14. The number of hydrogen-bond donors (Lipinski definition) is 1. The zero-order chi connectivity index (χ0) is 37.5. The van der Waals surface area contributed by atoms with Crippen LogP contribution in [0.1, 0.15) is 40.5 Å². The van der Waals surface area contributed by atoms with Gasteiger partial charge in [-0.2, -0.15) is 0 Å². The second-order valence-electron chi connectivity index (χ2n) is 14.9. The van der Waals surface area contributed by atoms with Gasteiger partial charge in [0.1, 0.15) is 12.0 Å². The van der Waals surface area contributed by atoms with E-state index in [1.807, 2.05) is 59.1 Å². The van der Waals surface area contributed by atoms with Gasteiger partial charge < -0.3 is 9.88 Å². The van der Waals surface area contributed by atoms with Gasteiger partial charge in [-0.05, 0) is 83.6 Å². The molecule has 0 bridgehead atoms. The molecule has 57 heavy (non-hydrogen) atoms. The fourth-order valence-corrected chi connectivity index (χ4v) is 11.2. The van der Waals surface area contributed by atoms with E-state index in [2.05, 4.69) is 143 Å². The predicted molar refractivity (Wildman–Crippen MR) is 244 cm³/mol. The second kappa shape index (κ2) is 13.0. The summed E-state index contributed by atoms with van der Waals surface area (Å²) in [5.74, 6) is 1.56. The van der Waals surface area contributed by atoms with Gasteiger partial charge in [0.05, 0.1) is 5.52 Å². The third kappa shape index (κ3) is 5.32. The lowest BCUT2D eigenvalue weighted by molar-refractivity contribution is 0.675. The van der Waals surface area contributed by atoms with Crippen LogP contribution in [0.3, 0.4) is 0 Å². The smallest absolute Gasteiger partial charge is 0.159 e. The Labute approximate surface area is 337 Å². The number of rotatable bonds is 5. The lowest BCUT2D eigenvalue weighted by atomic mass is 9.97. The molecule has 0 spiro atoms. The molecule has 6 heteroatoms. The van der Waals surface area contributed by atoms with Gasteiger partial charge in [0.15, 0.2) is 5.84 Å². The van der Waals surface area contributed by atoms with E-state index >= 15 is 0 Å². The van der Waals surface area contributed by atoms with E-state index < -0.39 is 0 Å². The fourth-order valence-electron chi connectivity index (χ4n) is 8.87. The number of aliphatic imine (C=N–C) groups is 2. The van der Waals surface area contributed by atoms with Crippen molar-refractivity contribution < 1.29 is 0 Å². The number of allylic oxidation sites excluding steroid dienone is 1. The molecule has 270 valence electrons. The SMILES string of the molecule is C1=Cc2c(c3ccccc3n2-c2ccc3c(c2)sc2ccc(-c4cccc5sc6cc(C7N=C(c8ccccc8)N=C(c8ccccc8)N7)ccc6c45)cc23)CC1. The molecule has 0 saturated carbocycles. The number of para-hydroxylation sites is 1. The van der Waals surface area contributed by atoms with Crippen molar-refractivity contribution in [3.05, 3.63) is 192 Å². The van der Waals surface area contributed by atoms with Crippen LogP contribution in [0, 0.1) is 0 Å². The van der Waals surface area contributed by atoms with E-state index in [1.165, 1.54) is 79.3 Å². The molecular formula is C51H34N4S2. The van der Waals surface area contributed by atoms with Crippen LogP contribution >= 0.6 is 22.7 Å². The van der Waals surface area contributed by atoms with Crippen molar-refractivity contribution in [1.29, 1.82) is 0 Å². The van der Waals surface area contributed by atoms with Crippen molar-refractivity contribution in [2.75, 3.05) is 0 Å². The molecule has 0 fully saturated rings. The van der Waals surface area contributed by atoms with Crippen molar-refractivity contribution in [1.82, 2.24) is 9.88 Å². The second-order valence-corrected chi connectivity index (χ2v) is 17.0. The van der Waals surface area contributed by atoms with E-state index in [9.17, 15) is 0 Å². The number of aromatic nitrogens is 1. The van der Waals surface area contributed by atoms with Crippen LogP contribution in [0.25, 0.3) is 74.1 Å². The molecule has 7 aromatic carbocycles. The fraction of sp³-hybridized carbons (Fsp3) is 0.0588. The summed E-state index contributed by atoms with van der Waals surface area (Å²) in [6, 6.07) is 57.1. The maximum Gasteiger partial charge on any atom is 0.159 e. The minimum absolute atomic E-state index is 0.269. The lowest BCUT2D eigenvalue weighted by Crippen LogP contribution is -2.33. The summed E-state index contributed by atoms with van der Waals surface area (Å²) in [6.45, 7) is 0. The van der Waals surface area contributed by atoms with Crippen LogP contribution in [-0.2, 0) is 6.42 Å². The molecule has 0 saturated heterocycles. The number of aryl methyl sites for hydroxylation is 1. The molecular weight excluding hydrogens is 733 g/mol. The normalized spacial score (nSPS) is 15.3. The van der Waals surface area contributed by atoms with Crippen LogP contribution < -0.4 is 5.32 Å². The molecule has 1 N–H and O–H groups in total. The molecule has 3 aromatic heterocycles. The highest BCUT2D eigenvalue weighted by Crippen LogP contribution is 2.44. The molecule has 1 aliphatic heterocycles. The summed E-state index contributed by atoms with van der Waals surface area (Å²) in [5, 5.41) is 10.2. The average molecular weight is 767 g/mol. The average Bonchev–Trinajstić information content (AvgIpc) is 3.95. The molecule has 2 aliphatic rings. The van der Waals surface area contributed by atoms with Crippen molar-refractivity contribution >= 4 is 91.7 Å². The largest absolute Gasteiger partial charge is 0.344 e. The molecule has 10 aromatic rings. The van der Waals surface area contributed by atoms with Crippen LogP contribution in [0.5, 0.6) is 0 Å². The minimum atomic E-state index is -0.269. The van der Waals surface area contributed by atoms with Crippen LogP contribution in [0.15, 0.2) is 174 Å². The number of nitrogens with one attached hydrogen (secondary N) is 1. The first-order chi connectivity index (χ1) is 28.2. The Morgan fingerprint density at radius 2 is 1.37 bits per heavy atom. The maximum atomic E-state index is 5.14. The van der Waals surface area contributed by atoms with Gasteiger partial charge in [0, 0.05) is 68.2 Å². The molecule has 4 heterocycles. The van der Waals surface area contributed by atoms with E-state index in [0.717, 1.165) is 41.2 Å². The number of nitrogens with zero attached hydrogens (tertiary/aromatic N) is 3. The minimum Gasteiger partial charge on any atom is -0.344 e. The van der Waals surface area contributed by atoms with Gasteiger partial charge in [-0.15, -0.1) is 22.7 Å². The molecule has 4 nitrogen and oxygen atoms in total. The number of hydrogen-bond acceptors (Lipinski definition) is 5. The summed E-state index contributed by atoms with van der Waals surface area (Å²) < 4.78 is 7.62. The number of fused-ring (bicyclic) bond motifs is 9. The van der Waals surface area contributed by atoms with Crippen LogP contribution in [-0.4, -0.2) is 16.2 Å². The summed E-state index contributed by atoms with van der Waals surface area (Å²) in [5.41, 5.74) is 11.0. The zero-order valence-corrected chi connectivity index (χ0v) is 32.4.